The van der Waals surface area contributed by atoms with E-state index >= 15 is 0 Å². The number of carbonyl (C=O) groups is 1. The molecule has 0 spiro atoms. The van der Waals surface area contributed by atoms with Gasteiger partial charge >= 0.3 is 64.9 Å². The summed E-state index contributed by atoms with van der Waals surface area (Å²) >= 11 is 9.73. The molecule has 0 bridgehead atoms. The first-order valence-electron chi connectivity index (χ1n) is 19.3. The number of imidazole rings is 1. The molecule has 2 aromatic heterocycles. The number of benzene rings is 3. The van der Waals surface area contributed by atoms with Crippen LogP contribution in [0.4, 0.5) is 13.2 Å². The van der Waals surface area contributed by atoms with E-state index in [0.29, 0.717) is 34.8 Å². The van der Waals surface area contributed by atoms with Crippen molar-refractivity contribution >= 4 is 105 Å². The van der Waals surface area contributed by atoms with Crippen LogP contribution in [0.3, 0.4) is 0 Å². The molecule has 0 radical (unpaired) electrons. The molecule has 0 saturated heterocycles. The van der Waals surface area contributed by atoms with E-state index in [1.807, 2.05) is 94.7 Å². The number of aromatic nitrogens is 2. The zero-order valence-electron chi connectivity index (χ0n) is 36.8. The Morgan fingerprint density at radius 2 is 1.24 bits per heavy atom. The van der Waals surface area contributed by atoms with Gasteiger partial charge in [0, 0.05) is 33.9 Å². The molecule has 3 heterocycles. The maximum atomic E-state index is 13.8. The second-order valence-electron chi connectivity index (χ2n) is 11.9. The topological polar surface area (TPSA) is 72.8 Å². The number of hydrogen-bond acceptors (Lipinski definition) is 4. The number of Topliss-reactive ketones (excluding diaryl/α,β-unsaturated/α-hetero) is 1. The number of hydrogen-bond donors (Lipinski definition) is 1. The minimum atomic E-state index is -0.433. The molecule has 1 aliphatic rings. The second kappa shape index (κ2) is 37.1. The molecule has 0 amide bonds. The Morgan fingerprint density at radius 3 is 1.61 bits per heavy atom. The third-order valence-corrected chi connectivity index (χ3v) is 6.44. The Labute approximate surface area is 405 Å². The van der Waals surface area contributed by atoms with E-state index in [-0.39, 0.29) is 27.9 Å². The summed E-state index contributed by atoms with van der Waals surface area (Å²) in [5.41, 5.74) is 11.5. The number of amidine groups is 1. The number of alkyl halides is 1. The summed E-state index contributed by atoms with van der Waals surface area (Å²) < 4.78 is 42.9. The van der Waals surface area contributed by atoms with Gasteiger partial charge in [0.25, 0.3) is 0 Å². The molecular formula is C46H63F3I4N4OV-. The van der Waals surface area contributed by atoms with Crippen LogP contribution in [0.5, 0.6) is 0 Å². The maximum absolute atomic E-state index is 13.8. The number of rotatable bonds is 3. The normalized spacial score (nSPS) is 10.4. The molecule has 6 rings (SSSR count). The van der Waals surface area contributed by atoms with Gasteiger partial charge in [0.2, 0.25) is 0 Å². The van der Waals surface area contributed by atoms with Gasteiger partial charge in [0.1, 0.15) is 28.9 Å². The van der Waals surface area contributed by atoms with Crippen molar-refractivity contribution in [1.29, 1.82) is 0 Å². The van der Waals surface area contributed by atoms with Gasteiger partial charge in [0.15, 0.2) is 5.78 Å². The summed E-state index contributed by atoms with van der Waals surface area (Å²) in [5, 5.41) is 0. The number of fused-ring (bicyclic) bond motifs is 1. The Kier molecular flexibility index (Phi) is 38.9. The van der Waals surface area contributed by atoms with Crippen LogP contribution in [0, 0.1) is 45.1 Å². The van der Waals surface area contributed by atoms with Gasteiger partial charge in [-0.1, -0.05) is 115 Å². The van der Waals surface area contributed by atoms with E-state index in [9.17, 15) is 18.0 Å². The van der Waals surface area contributed by atoms with Crippen LogP contribution in [-0.4, -0.2) is 24.9 Å². The molecule has 13 heteroatoms. The summed E-state index contributed by atoms with van der Waals surface area (Å²) in [6.45, 7) is 28.4. The molecular weight excluding hydrogens is 1240 g/mol. The van der Waals surface area contributed by atoms with Crippen LogP contribution in [0.15, 0.2) is 96.3 Å². The SMILES string of the molecule is CC.CC.CC(=O)c1ccc(C)cc1F.CC(C)I.CCC.Cc1ccc(-c2cn3ccccc3n2)c(F)c1.Cc1ccc(C2=CCC(N)=N2)c(F)c1.[CH2-]C.[I][V]([I])[I]. The molecule has 2 N–H and O–H groups in total. The average Bonchev–Trinajstić information content (AvgIpc) is 3.80. The number of aryl methyl sites for hydroxylation is 3. The molecule has 328 valence electrons. The van der Waals surface area contributed by atoms with Crippen LogP contribution in [0.2, 0.25) is 0 Å². The molecule has 59 heavy (non-hydrogen) atoms. The van der Waals surface area contributed by atoms with Crippen molar-refractivity contribution < 1.29 is 22.9 Å². The Hall–Kier alpha value is -1.48. The van der Waals surface area contributed by atoms with E-state index in [2.05, 4.69) is 127 Å². The van der Waals surface area contributed by atoms with Crippen molar-refractivity contribution in [3.05, 3.63) is 143 Å². The molecule has 0 saturated carbocycles. The number of nitrogens with two attached hydrogens (primary N) is 1. The zero-order valence-corrected chi connectivity index (χ0v) is 46.8. The second-order valence-corrected chi connectivity index (χ2v) is 49.8. The number of halogens is 7. The summed E-state index contributed by atoms with van der Waals surface area (Å²) in [7, 11) is 0. The first-order chi connectivity index (χ1) is 27.9. The van der Waals surface area contributed by atoms with Gasteiger partial charge in [-0.05, 0) is 92.9 Å². The van der Waals surface area contributed by atoms with Crippen molar-refractivity contribution in [2.75, 3.05) is 0 Å². The van der Waals surface area contributed by atoms with Crippen LogP contribution in [0.1, 0.15) is 115 Å². The third-order valence-electron chi connectivity index (χ3n) is 6.44. The zero-order chi connectivity index (χ0) is 46.2. The van der Waals surface area contributed by atoms with Gasteiger partial charge in [-0.15, -0.1) is 0 Å². The first-order valence-corrected chi connectivity index (χ1v) is 34.1. The Bertz CT molecular complexity index is 1920. The van der Waals surface area contributed by atoms with Gasteiger partial charge < -0.3 is 17.1 Å². The molecule has 0 aliphatic carbocycles. The van der Waals surface area contributed by atoms with Crippen molar-refractivity contribution in [1.82, 2.24) is 9.38 Å². The van der Waals surface area contributed by atoms with Crippen LogP contribution in [-0.2, 0) is 4.92 Å². The third kappa shape index (κ3) is 28.0. The van der Waals surface area contributed by atoms with Crippen molar-refractivity contribution in [3.8, 4) is 11.3 Å². The predicted octanol–water partition coefficient (Wildman–Crippen LogP) is 16.8. The molecule has 0 fully saturated rings. The quantitative estimate of drug-likeness (QED) is 0.0847. The van der Waals surface area contributed by atoms with Gasteiger partial charge in [-0.3, -0.25) is 4.79 Å². The minimum absolute atomic E-state index is 0.163. The molecule has 0 unspecified atom stereocenters. The van der Waals surface area contributed by atoms with E-state index in [1.54, 1.807) is 32.0 Å². The number of nitrogens with zero attached hydrogens (tertiary/aromatic N) is 3. The van der Waals surface area contributed by atoms with E-state index < -0.39 is 5.82 Å². The van der Waals surface area contributed by atoms with Crippen LogP contribution in [0.25, 0.3) is 22.6 Å². The fourth-order valence-corrected chi connectivity index (χ4v) is 4.24. The fraction of sp³-hybridized carbons (Fsp3) is 0.348. The van der Waals surface area contributed by atoms with E-state index in [1.165, 1.54) is 37.6 Å². The number of aliphatic imine (C=N–C) groups is 1. The average molecular weight is 1300 g/mol. The summed E-state index contributed by atoms with van der Waals surface area (Å²) in [6.07, 6.45) is 7.44. The first kappa shape index (κ1) is 61.8. The Balaban J connectivity index is -0.000000679. The molecule has 3 aromatic carbocycles. The van der Waals surface area contributed by atoms with E-state index in [0.717, 1.165) is 26.3 Å². The Morgan fingerprint density at radius 1 is 0.814 bits per heavy atom. The van der Waals surface area contributed by atoms with E-state index in [4.69, 9.17) is 5.73 Å². The molecule has 5 nitrogen and oxygen atoms in total. The summed E-state index contributed by atoms with van der Waals surface area (Å²) in [5.74, 6) is -0.594. The molecule has 0 atom stereocenters. The van der Waals surface area contributed by atoms with Crippen LogP contribution < -0.4 is 5.73 Å². The van der Waals surface area contributed by atoms with Crippen molar-refractivity contribution in [2.24, 2.45) is 10.7 Å². The monoisotopic (exact) mass is 1300 g/mol. The number of ketones is 1. The van der Waals surface area contributed by atoms with Gasteiger partial charge in [-0.2, -0.15) is 6.92 Å². The predicted molar refractivity (Wildman–Crippen MR) is 283 cm³/mol. The van der Waals surface area contributed by atoms with Gasteiger partial charge in [-0.25, -0.2) is 23.1 Å². The number of pyridine rings is 1. The van der Waals surface area contributed by atoms with Crippen molar-refractivity contribution in [3.63, 3.8) is 0 Å². The molecule has 5 aromatic rings. The molecule has 1 aliphatic heterocycles. The summed E-state index contributed by atoms with van der Waals surface area (Å²) in [6, 6.07) is 20.6. The standard InChI is InChI=1S/C14H11FN2.C11H11FN2.C9H9FO.C3H7I.C3H8.2C2H6.C2H5.3HI.V/c1-10-5-6-11(12(15)8-10)13-9-17-7-3-2-4-14(17)16-13;1-7-2-3-8(9(12)6-7)10-4-5-11(13)14-10;1-6-3-4-8(7(2)11)9(10)5-6;1-3(2)4;1-3-2;3*1-2;;;;/h2-9H,1H3;2-4,6H,5H2,1H3,(H2,13,14);3-5H,1-2H3;3H,1-2H3;3H2,1-2H3;2*1-2H3;1H2,2H3;3*1H;/q;;;;;;;-1;;;;+3/p-3. The van der Waals surface area contributed by atoms with Gasteiger partial charge in [0.05, 0.1) is 17.0 Å². The number of carbonyl (C=O) groups excluding carboxylic acids is 1. The fourth-order valence-electron chi connectivity index (χ4n) is 4.24. The van der Waals surface area contributed by atoms with Crippen molar-refractivity contribution in [2.45, 2.75) is 107 Å². The van der Waals surface area contributed by atoms with Crippen LogP contribution >= 0.6 is 82.5 Å². The summed E-state index contributed by atoms with van der Waals surface area (Å²) in [4.78, 5) is 18.9.